The maximum atomic E-state index is 10.5. The molecule has 0 atom stereocenters. The summed E-state index contributed by atoms with van der Waals surface area (Å²) in [4.78, 5) is 10.5. The molecule has 3 nitrogen and oxygen atoms in total. The van der Waals surface area contributed by atoms with Crippen LogP contribution < -0.4 is 11.5 Å². The SMILES string of the molecule is NC(=O)CCCCc1ccc(N)cc1. The van der Waals surface area contributed by atoms with Crippen LogP contribution >= 0.6 is 0 Å². The number of primary amides is 1. The van der Waals surface area contributed by atoms with Crippen molar-refractivity contribution in [1.29, 1.82) is 0 Å². The Bertz CT molecular complexity index is 293. The molecular formula is C11H16N2O. The van der Waals surface area contributed by atoms with E-state index in [9.17, 15) is 4.79 Å². The first-order chi connectivity index (χ1) is 6.68. The number of unbranched alkanes of at least 4 members (excludes halogenated alkanes) is 1. The van der Waals surface area contributed by atoms with E-state index in [1.54, 1.807) is 0 Å². The summed E-state index contributed by atoms with van der Waals surface area (Å²) >= 11 is 0. The van der Waals surface area contributed by atoms with Gasteiger partial charge in [-0.2, -0.15) is 0 Å². The fourth-order valence-corrected chi connectivity index (χ4v) is 1.31. The summed E-state index contributed by atoms with van der Waals surface area (Å²) in [6.07, 6.45) is 3.31. The van der Waals surface area contributed by atoms with Gasteiger partial charge in [-0.3, -0.25) is 4.79 Å². The van der Waals surface area contributed by atoms with Gasteiger partial charge in [-0.05, 0) is 37.0 Å². The topological polar surface area (TPSA) is 69.1 Å². The predicted octanol–water partition coefficient (Wildman–Crippen LogP) is 1.47. The number of hydrogen-bond donors (Lipinski definition) is 2. The fourth-order valence-electron chi connectivity index (χ4n) is 1.31. The van der Waals surface area contributed by atoms with Crippen molar-refractivity contribution in [1.82, 2.24) is 0 Å². The van der Waals surface area contributed by atoms with Crippen LogP contribution in [0.1, 0.15) is 24.8 Å². The van der Waals surface area contributed by atoms with E-state index in [2.05, 4.69) is 0 Å². The lowest BCUT2D eigenvalue weighted by Gasteiger charge is -2.00. The number of rotatable bonds is 5. The van der Waals surface area contributed by atoms with Crippen LogP contribution in [-0.2, 0) is 11.2 Å². The second-order valence-corrected chi connectivity index (χ2v) is 3.42. The van der Waals surface area contributed by atoms with Crippen molar-refractivity contribution >= 4 is 11.6 Å². The summed E-state index contributed by atoms with van der Waals surface area (Å²) in [6, 6.07) is 7.81. The van der Waals surface area contributed by atoms with E-state index in [0.29, 0.717) is 6.42 Å². The van der Waals surface area contributed by atoms with Gasteiger partial charge in [-0.25, -0.2) is 0 Å². The lowest BCUT2D eigenvalue weighted by Crippen LogP contribution is -2.09. The van der Waals surface area contributed by atoms with Gasteiger partial charge in [0.15, 0.2) is 0 Å². The van der Waals surface area contributed by atoms with Crippen LogP contribution in [0.15, 0.2) is 24.3 Å². The molecular weight excluding hydrogens is 176 g/mol. The molecule has 14 heavy (non-hydrogen) atoms. The van der Waals surface area contributed by atoms with Gasteiger partial charge >= 0.3 is 0 Å². The molecule has 0 aliphatic carbocycles. The molecule has 1 amide bonds. The molecule has 3 heteroatoms. The molecule has 0 saturated carbocycles. The molecule has 1 aromatic carbocycles. The number of carbonyl (C=O) groups excluding carboxylic acids is 1. The van der Waals surface area contributed by atoms with Crippen molar-refractivity contribution in [3.05, 3.63) is 29.8 Å². The summed E-state index contributed by atoms with van der Waals surface area (Å²) in [5.41, 5.74) is 12.6. The Morgan fingerprint density at radius 2 is 1.79 bits per heavy atom. The molecule has 0 radical (unpaired) electrons. The Balaban J connectivity index is 2.25. The number of nitrogen functional groups attached to an aromatic ring is 1. The number of benzene rings is 1. The quantitative estimate of drug-likeness (QED) is 0.548. The highest BCUT2D eigenvalue weighted by Gasteiger charge is 1.96. The lowest BCUT2D eigenvalue weighted by atomic mass is 10.1. The highest BCUT2D eigenvalue weighted by Crippen LogP contribution is 2.09. The molecule has 0 spiro atoms. The van der Waals surface area contributed by atoms with Gasteiger partial charge in [-0.15, -0.1) is 0 Å². The molecule has 0 aromatic heterocycles. The first kappa shape index (κ1) is 10.6. The molecule has 4 N–H and O–H groups in total. The van der Waals surface area contributed by atoms with E-state index in [1.807, 2.05) is 24.3 Å². The van der Waals surface area contributed by atoms with Gasteiger partial charge in [-0.1, -0.05) is 12.1 Å². The number of carbonyl (C=O) groups is 1. The number of nitrogens with two attached hydrogens (primary N) is 2. The van der Waals surface area contributed by atoms with E-state index in [1.165, 1.54) is 5.56 Å². The zero-order valence-electron chi connectivity index (χ0n) is 8.20. The van der Waals surface area contributed by atoms with Gasteiger partial charge in [0.2, 0.25) is 5.91 Å². The molecule has 0 bridgehead atoms. The third-order valence-electron chi connectivity index (χ3n) is 2.12. The Hall–Kier alpha value is -1.51. The van der Waals surface area contributed by atoms with Gasteiger partial charge in [0.1, 0.15) is 0 Å². The van der Waals surface area contributed by atoms with Crippen LogP contribution in [0.4, 0.5) is 5.69 Å². The average Bonchev–Trinajstić information content (AvgIpc) is 2.15. The standard InChI is InChI=1S/C11H16N2O/c12-10-7-5-9(6-8-10)3-1-2-4-11(13)14/h5-8H,1-4,12H2,(H2,13,14). The summed E-state index contributed by atoms with van der Waals surface area (Å²) in [5, 5.41) is 0. The smallest absolute Gasteiger partial charge is 0.217 e. The van der Waals surface area contributed by atoms with Crippen LogP contribution in [-0.4, -0.2) is 5.91 Å². The van der Waals surface area contributed by atoms with Crippen LogP contribution in [0.5, 0.6) is 0 Å². The summed E-state index contributed by atoms with van der Waals surface area (Å²) in [6.45, 7) is 0. The minimum absolute atomic E-state index is 0.220. The van der Waals surface area contributed by atoms with Gasteiger partial charge in [0.25, 0.3) is 0 Å². The largest absolute Gasteiger partial charge is 0.399 e. The Morgan fingerprint density at radius 1 is 1.14 bits per heavy atom. The van der Waals surface area contributed by atoms with Gasteiger partial charge in [0, 0.05) is 12.1 Å². The molecule has 0 heterocycles. The van der Waals surface area contributed by atoms with Crippen molar-refractivity contribution < 1.29 is 4.79 Å². The van der Waals surface area contributed by atoms with E-state index in [4.69, 9.17) is 11.5 Å². The summed E-state index contributed by atoms with van der Waals surface area (Å²) in [7, 11) is 0. The molecule has 0 fully saturated rings. The van der Waals surface area contributed by atoms with Gasteiger partial charge < -0.3 is 11.5 Å². The van der Waals surface area contributed by atoms with E-state index >= 15 is 0 Å². The van der Waals surface area contributed by atoms with Crippen LogP contribution in [0, 0.1) is 0 Å². The zero-order valence-corrected chi connectivity index (χ0v) is 8.20. The Morgan fingerprint density at radius 3 is 2.36 bits per heavy atom. The summed E-state index contributed by atoms with van der Waals surface area (Å²) in [5.74, 6) is -0.220. The normalized spacial score (nSPS) is 10.0. The lowest BCUT2D eigenvalue weighted by molar-refractivity contribution is -0.118. The number of aryl methyl sites for hydroxylation is 1. The molecule has 0 aliphatic heterocycles. The molecule has 0 aliphatic rings. The van der Waals surface area contributed by atoms with Crippen molar-refractivity contribution in [2.75, 3.05) is 5.73 Å². The number of anilines is 1. The minimum Gasteiger partial charge on any atom is -0.399 e. The van der Waals surface area contributed by atoms with Crippen molar-refractivity contribution in [2.45, 2.75) is 25.7 Å². The Kier molecular flexibility index (Phi) is 3.98. The van der Waals surface area contributed by atoms with Crippen LogP contribution in [0.25, 0.3) is 0 Å². The zero-order chi connectivity index (χ0) is 10.4. The second kappa shape index (κ2) is 5.27. The fraction of sp³-hybridized carbons (Fsp3) is 0.364. The first-order valence-electron chi connectivity index (χ1n) is 4.81. The molecule has 0 saturated heterocycles. The van der Waals surface area contributed by atoms with Crippen molar-refractivity contribution in [3.63, 3.8) is 0 Å². The molecule has 76 valence electrons. The number of hydrogen-bond acceptors (Lipinski definition) is 2. The summed E-state index contributed by atoms with van der Waals surface area (Å²) < 4.78 is 0. The van der Waals surface area contributed by atoms with Crippen LogP contribution in [0.2, 0.25) is 0 Å². The molecule has 0 unspecified atom stereocenters. The highest BCUT2D eigenvalue weighted by molar-refractivity contribution is 5.73. The van der Waals surface area contributed by atoms with E-state index in [0.717, 1.165) is 24.9 Å². The predicted molar refractivity (Wildman–Crippen MR) is 57.6 cm³/mol. The maximum Gasteiger partial charge on any atom is 0.217 e. The number of amides is 1. The van der Waals surface area contributed by atoms with Crippen molar-refractivity contribution in [2.24, 2.45) is 5.73 Å². The van der Waals surface area contributed by atoms with Crippen molar-refractivity contribution in [3.8, 4) is 0 Å². The average molecular weight is 192 g/mol. The second-order valence-electron chi connectivity index (χ2n) is 3.42. The maximum absolute atomic E-state index is 10.5. The molecule has 1 aromatic rings. The van der Waals surface area contributed by atoms with Gasteiger partial charge in [0.05, 0.1) is 0 Å². The van der Waals surface area contributed by atoms with Crippen LogP contribution in [0.3, 0.4) is 0 Å². The minimum atomic E-state index is -0.220. The molecule has 1 rings (SSSR count). The Labute approximate surface area is 84.1 Å². The highest BCUT2D eigenvalue weighted by atomic mass is 16.1. The van der Waals surface area contributed by atoms with E-state index in [-0.39, 0.29) is 5.91 Å². The monoisotopic (exact) mass is 192 g/mol. The van der Waals surface area contributed by atoms with E-state index < -0.39 is 0 Å². The third kappa shape index (κ3) is 3.94. The first-order valence-corrected chi connectivity index (χ1v) is 4.81. The third-order valence-corrected chi connectivity index (χ3v) is 2.12.